The van der Waals surface area contributed by atoms with Gasteiger partial charge in [0, 0.05) is 28.5 Å². The highest BCUT2D eigenvalue weighted by molar-refractivity contribution is 7.90. The second-order valence-corrected chi connectivity index (χ2v) is 15.4. The van der Waals surface area contributed by atoms with Gasteiger partial charge in [-0.05, 0) is 93.2 Å². The van der Waals surface area contributed by atoms with E-state index in [0.717, 1.165) is 24.0 Å². The summed E-state index contributed by atoms with van der Waals surface area (Å²) in [4.78, 5) is 30.2. The maximum atomic E-state index is 15.0. The maximum Gasteiger partial charge on any atom is 0.312 e. The molecule has 41 heavy (non-hydrogen) atoms. The minimum absolute atomic E-state index is 0.124. The van der Waals surface area contributed by atoms with E-state index < -0.39 is 26.9 Å². The lowest BCUT2D eigenvalue weighted by Crippen LogP contribution is -2.61. The van der Waals surface area contributed by atoms with Crippen molar-refractivity contribution in [3.8, 4) is 0 Å². The molecule has 6 rings (SSSR count). The Balaban J connectivity index is 1.50. The number of benzene rings is 2. The van der Waals surface area contributed by atoms with Crippen LogP contribution >= 0.6 is 23.2 Å². The molecule has 0 aromatic heterocycles. The summed E-state index contributed by atoms with van der Waals surface area (Å²) in [5, 5.41) is 0.822. The average molecular weight is 620 g/mol. The molecule has 4 aliphatic rings. The molecular formula is C31H36Cl2N2O5S. The lowest BCUT2D eigenvalue weighted by molar-refractivity contribution is -0.172. The Hall–Kier alpha value is -2.13. The van der Waals surface area contributed by atoms with Gasteiger partial charge in [0.1, 0.15) is 0 Å². The molecule has 2 unspecified atom stereocenters. The van der Waals surface area contributed by atoms with Crippen LogP contribution in [0.5, 0.6) is 0 Å². The standard InChI is InChI=1S/C31H36Cl2N2O5S/c1-30(31(14-15-31)29(37)40-2)17-25(21-4-3-5-23(33)16-21)27(20-8-10-22(32)11-9-20)35(28(30)36)26(19-6-7-19)18-34-41(38,39)24-12-13-24/h3-5,8-11,16,19,24-27,34H,6-7,12-15,17-18H2,1-2H3/t25?,26?,27-,30+/m1/s1. The number of nitrogens with one attached hydrogen (secondary N) is 1. The molecule has 0 radical (unpaired) electrons. The van der Waals surface area contributed by atoms with Crippen LogP contribution in [0.2, 0.25) is 10.0 Å². The second-order valence-electron chi connectivity index (χ2n) is 12.5. The number of hydrogen-bond acceptors (Lipinski definition) is 5. The molecule has 7 nitrogen and oxygen atoms in total. The third-order valence-corrected chi connectivity index (χ3v) is 12.3. The van der Waals surface area contributed by atoms with Crippen LogP contribution in [-0.2, 0) is 24.3 Å². The van der Waals surface area contributed by atoms with Gasteiger partial charge in [-0.3, -0.25) is 9.59 Å². The number of amides is 1. The molecular weight excluding hydrogens is 583 g/mol. The average Bonchev–Trinajstić information content (AvgIpc) is 3.79. The highest BCUT2D eigenvalue weighted by Gasteiger charge is 2.70. The SMILES string of the molecule is COC(=O)C1([C@@]2(C)CC(c3cccc(Cl)c3)[C@@H](c3ccc(Cl)cc3)N(C(CNS(=O)(=O)C3CC3)C3CC3)C2=O)CC1. The number of ether oxygens (including phenoxy) is 1. The van der Waals surface area contributed by atoms with Crippen molar-refractivity contribution < 1.29 is 22.7 Å². The quantitative estimate of drug-likeness (QED) is 0.336. The predicted molar refractivity (Wildman–Crippen MR) is 158 cm³/mol. The van der Waals surface area contributed by atoms with E-state index in [-0.39, 0.29) is 41.5 Å². The number of halogens is 2. The molecule has 3 aliphatic carbocycles. The van der Waals surface area contributed by atoms with Gasteiger partial charge >= 0.3 is 5.97 Å². The molecule has 1 aliphatic heterocycles. The zero-order valence-corrected chi connectivity index (χ0v) is 25.6. The summed E-state index contributed by atoms with van der Waals surface area (Å²) in [7, 11) is -2.09. The molecule has 4 atom stereocenters. The van der Waals surface area contributed by atoms with Gasteiger partial charge in [-0.1, -0.05) is 47.5 Å². The number of hydrogen-bond donors (Lipinski definition) is 1. The van der Waals surface area contributed by atoms with Crippen LogP contribution in [0.3, 0.4) is 0 Å². The summed E-state index contributed by atoms with van der Waals surface area (Å²) in [5.74, 6) is -0.533. The molecule has 1 amide bonds. The fourth-order valence-corrected chi connectivity index (χ4v) is 8.78. The van der Waals surface area contributed by atoms with Crippen LogP contribution in [0.4, 0.5) is 0 Å². The molecule has 4 fully saturated rings. The van der Waals surface area contributed by atoms with Crippen LogP contribution < -0.4 is 4.72 Å². The van der Waals surface area contributed by atoms with Crippen molar-refractivity contribution in [3.05, 3.63) is 69.7 Å². The largest absolute Gasteiger partial charge is 0.469 e. The van der Waals surface area contributed by atoms with Crippen LogP contribution in [0, 0.1) is 16.7 Å². The summed E-state index contributed by atoms with van der Waals surface area (Å²) < 4.78 is 34.0. The first kappa shape index (κ1) is 29.0. The molecule has 2 aromatic rings. The van der Waals surface area contributed by atoms with Gasteiger partial charge in [0.05, 0.1) is 29.2 Å². The van der Waals surface area contributed by atoms with Crippen molar-refractivity contribution in [2.75, 3.05) is 13.7 Å². The van der Waals surface area contributed by atoms with Crippen LogP contribution in [0.15, 0.2) is 48.5 Å². The van der Waals surface area contributed by atoms with Gasteiger partial charge in [0.15, 0.2) is 0 Å². The van der Waals surface area contributed by atoms with E-state index in [1.54, 1.807) is 0 Å². The Morgan fingerprint density at radius 3 is 2.29 bits per heavy atom. The van der Waals surface area contributed by atoms with Gasteiger partial charge in [-0.25, -0.2) is 13.1 Å². The number of sulfonamides is 1. The van der Waals surface area contributed by atoms with Crippen LogP contribution in [0.25, 0.3) is 0 Å². The van der Waals surface area contributed by atoms with Crippen LogP contribution in [-0.4, -0.2) is 50.1 Å². The predicted octanol–water partition coefficient (Wildman–Crippen LogP) is 5.87. The number of esters is 1. The Morgan fingerprint density at radius 1 is 1.05 bits per heavy atom. The minimum Gasteiger partial charge on any atom is -0.469 e. The fourth-order valence-electron chi connectivity index (χ4n) is 7.06. The van der Waals surface area contributed by atoms with E-state index in [2.05, 4.69) is 4.72 Å². The van der Waals surface area contributed by atoms with Gasteiger partial charge < -0.3 is 9.64 Å². The summed E-state index contributed by atoms with van der Waals surface area (Å²) in [5.41, 5.74) is -0.0812. The van der Waals surface area contributed by atoms with Crippen molar-refractivity contribution in [3.63, 3.8) is 0 Å². The third-order valence-electron chi connectivity index (χ3n) is 9.87. The molecule has 0 spiro atoms. The Kier molecular flexibility index (Phi) is 7.45. The molecule has 2 aromatic carbocycles. The normalized spacial score (nSPS) is 28.3. The Morgan fingerprint density at radius 2 is 1.73 bits per heavy atom. The summed E-state index contributed by atoms with van der Waals surface area (Å²) >= 11 is 12.8. The third kappa shape index (κ3) is 5.19. The summed E-state index contributed by atoms with van der Waals surface area (Å²) in [6.45, 7) is 2.04. The van der Waals surface area contributed by atoms with Gasteiger partial charge in [0.2, 0.25) is 15.9 Å². The first-order valence-corrected chi connectivity index (χ1v) is 16.7. The zero-order chi connectivity index (χ0) is 29.2. The molecule has 0 bridgehead atoms. The van der Waals surface area contributed by atoms with Gasteiger partial charge in [-0.2, -0.15) is 0 Å². The van der Waals surface area contributed by atoms with E-state index in [0.29, 0.717) is 42.1 Å². The number of nitrogens with zero attached hydrogens (tertiary/aromatic N) is 1. The first-order valence-electron chi connectivity index (χ1n) is 14.4. The number of carbonyl (C=O) groups is 2. The van der Waals surface area contributed by atoms with E-state index in [1.165, 1.54) is 7.11 Å². The van der Waals surface area contributed by atoms with Crippen molar-refractivity contribution in [1.29, 1.82) is 0 Å². The van der Waals surface area contributed by atoms with Crippen molar-refractivity contribution in [1.82, 2.24) is 9.62 Å². The Labute approximate surface area is 252 Å². The highest BCUT2D eigenvalue weighted by Crippen LogP contribution is 2.67. The summed E-state index contributed by atoms with van der Waals surface area (Å²) in [6, 6.07) is 14.4. The van der Waals surface area contributed by atoms with E-state index in [9.17, 15) is 18.0 Å². The second kappa shape index (κ2) is 10.5. The smallest absolute Gasteiger partial charge is 0.312 e. The number of methoxy groups -OCH3 is 1. The molecule has 1 saturated heterocycles. The lowest BCUT2D eigenvalue weighted by atomic mass is 9.61. The van der Waals surface area contributed by atoms with Crippen LogP contribution in [0.1, 0.15) is 75.0 Å². The Bertz CT molecular complexity index is 1450. The van der Waals surface area contributed by atoms with E-state index >= 15 is 0 Å². The lowest BCUT2D eigenvalue weighted by Gasteiger charge is -2.54. The molecule has 220 valence electrons. The number of piperidine rings is 1. The molecule has 1 heterocycles. The first-order chi connectivity index (χ1) is 19.5. The molecule has 1 N–H and O–H groups in total. The number of likely N-dealkylation sites (tertiary alicyclic amines) is 1. The molecule has 10 heteroatoms. The van der Waals surface area contributed by atoms with Gasteiger partial charge in [-0.15, -0.1) is 0 Å². The minimum atomic E-state index is -3.46. The van der Waals surface area contributed by atoms with Crippen molar-refractivity contribution >= 4 is 45.1 Å². The van der Waals surface area contributed by atoms with Crippen molar-refractivity contribution in [2.24, 2.45) is 16.7 Å². The van der Waals surface area contributed by atoms with Gasteiger partial charge in [0.25, 0.3) is 0 Å². The fraction of sp³-hybridized carbons (Fsp3) is 0.548. The van der Waals surface area contributed by atoms with Crippen molar-refractivity contribution in [2.45, 2.75) is 75.1 Å². The summed E-state index contributed by atoms with van der Waals surface area (Å²) in [6.07, 6.45) is 4.72. The maximum absolute atomic E-state index is 15.0. The monoisotopic (exact) mass is 618 g/mol. The zero-order valence-electron chi connectivity index (χ0n) is 23.3. The number of rotatable bonds is 10. The topological polar surface area (TPSA) is 92.8 Å². The molecule has 3 saturated carbocycles. The highest BCUT2D eigenvalue weighted by atomic mass is 35.5. The number of carbonyl (C=O) groups excluding carboxylic acids is 2. The van der Waals surface area contributed by atoms with E-state index in [1.807, 2.05) is 60.4 Å². The van der Waals surface area contributed by atoms with E-state index in [4.69, 9.17) is 27.9 Å².